The molecule has 0 bridgehead atoms. The minimum absolute atomic E-state index is 0.0869. The van der Waals surface area contributed by atoms with Crippen molar-refractivity contribution < 1.29 is 4.79 Å². The number of carbonyl (C=O) groups excluding carboxylic acids is 1. The molecule has 0 aliphatic carbocycles. The Balaban J connectivity index is 1.67. The normalized spacial score (nSPS) is 10.6. The lowest BCUT2D eigenvalue weighted by Gasteiger charge is -2.24. The Bertz CT molecular complexity index is 886. The van der Waals surface area contributed by atoms with Gasteiger partial charge < -0.3 is 19.7 Å². The maximum Gasteiger partial charge on any atom is 0.322 e. The van der Waals surface area contributed by atoms with Gasteiger partial charge in [0, 0.05) is 57.5 Å². The van der Waals surface area contributed by atoms with Gasteiger partial charge in [-0.25, -0.2) is 9.78 Å². The number of nitrogens with zero attached hydrogens (tertiary/aromatic N) is 4. The molecular formula is C23H29N5O. The third-order valence-corrected chi connectivity index (χ3v) is 4.82. The maximum atomic E-state index is 13.0. The van der Waals surface area contributed by atoms with Gasteiger partial charge >= 0.3 is 6.03 Å². The molecular weight excluding hydrogens is 362 g/mol. The summed E-state index contributed by atoms with van der Waals surface area (Å²) in [7, 11) is 4.04. The molecule has 1 N–H and O–H groups in total. The van der Waals surface area contributed by atoms with Crippen LogP contribution in [0.25, 0.3) is 0 Å². The van der Waals surface area contributed by atoms with Crippen LogP contribution in [0.5, 0.6) is 0 Å². The third kappa shape index (κ3) is 6.10. The zero-order valence-electron chi connectivity index (χ0n) is 17.4. The molecule has 0 fully saturated rings. The Labute approximate surface area is 172 Å². The highest BCUT2D eigenvalue weighted by Gasteiger charge is 2.14. The highest BCUT2D eigenvalue weighted by atomic mass is 16.2. The van der Waals surface area contributed by atoms with Crippen molar-refractivity contribution in [2.75, 3.05) is 30.9 Å². The van der Waals surface area contributed by atoms with Gasteiger partial charge in [0.05, 0.1) is 6.33 Å². The van der Waals surface area contributed by atoms with Crippen LogP contribution in [0.2, 0.25) is 0 Å². The van der Waals surface area contributed by atoms with E-state index in [0.717, 1.165) is 29.9 Å². The predicted octanol–water partition coefficient (Wildman–Crippen LogP) is 4.38. The number of imidazole rings is 1. The lowest BCUT2D eigenvalue weighted by atomic mass is 10.2. The van der Waals surface area contributed by atoms with Crippen LogP contribution in [0, 0.1) is 6.92 Å². The molecule has 0 spiro atoms. The van der Waals surface area contributed by atoms with Gasteiger partial charge in [-0.05, 0) is 43.2 Å². The van der Waals surface area contributed by atoms with Crippen molar-refractivity contribution in [2.45, 2.75) is 26.4 Å². The first kappa shape index (κ1) is 20.5. The molecule has 0 saturated carbocycles. The quantitative estimate of drug-likeness (QED) is 0.620. The number of hydrogen-bond donors (Lipinski definition) is 1. The number of anilines is 2. The molecule has 0 unspecified atom stereocenters. The summed E-state index contributed by atoms with van der Waals surface area (Å²) in [5.74, 6) is 0. The smallest absolute Gasteiger partial charge is 0.322 e. The van der Waals surface area contributed by atoms with E-state index in [1.165, 1.54) is 5.56 Å². The first-order valence-electron chi connectivity index (χ1n) is 9.86. The number of aromatic nitrogens is 2. The van der Waals surface area contributed by atoms with Crippen LogP contribution >= 0.6 is 0 Å². The molecule has 1 aromatic heterocycles. The fourth-order valence-electron chi connectivity index (χ4n) is 3.07. The predicted molar refractivity (Wildman–Crippen MR) is 118 cm³/mol. The Kier molecular flexibility index (Phi) is 6.89. The number of urea groups is 1. The molecule has 0 radical (unpaired) electrons. The molecule has 6 heteroatoms. The summed E-state index contributed by atoms with van der Waals surface area (Å²) in [4.78, 5) is 21.0. The molecule has 29 heavy (non-hydrogen) atoms. The van der Waals surface area contributed by atoms with Crippen molar-refractivity contribution in [3.05, 3.63) is 78.4 Å². The largest absolute Gasteiger partial charge is 0.378 e. The average Bonchev–Trinajstić information content (AvgIpc) is 3.23. The second-order valence-corrected chi connectivity index (χ2v) is 7.43. The number of carbonyl (C=O) groups is 1. The number of benzene rings is 2. The van der Waals surface area contributed by atoms with Gasteiger partial charge in [0.15, 0.2) is 0 Å². The monoisotopic (exact) mass is 391 g/mol. The Hall–Kier alpha value is -3.28. The Morgan fingerprint density at radius 2 is 1.79 bits per heavy atom. The summed E-state index contributed by atoms with van der Waals surface area (Å²) in [5.41, 5.74) is 4.23. The first-order valence-corrected chi connectivity index (χ1v) is 9.86. The number of amides is 2. The van der Waals surface area contributed by atoms with Crippen LogP contribution in [-0.2, 0) is 13.1 Å². The standard InChI is InChI=1S/C23H29N5O/c1-19-5-9-21(10-6-19)25-23(29)28(15-4-14-27-16-13-24-18-27)17-20-7-11-22(12-8-20)26(2)3/h5-13,16,18H,4,14-15,17H2,1-3H3,(H,25,29). The molecule has 6 nitrogen and oxygen atoms in total. The Morgan fingerprint density at radius 3 is 2.41 bits per heavy atom. The van der Waals surface area contributed by atoms with E-state index < -0.39 is 0 Å². The van der Waals surface area contributed by atoms with Crippen LogP contribution in [0.4, 0.5) is 16.2 Å². The first-order chi connectivity index (χ1) is 14.0. The van der Waals surface area contributed by atoms with E-state index in [9.17, 15) is 4.79 Å². The van der Waals surface area contributed by atoms with Crippen molar-refractivity contribution in [3.8, 4) is 0 Å². The molecule has 152 valence electrons. The summed E-state index contributed by atoms with van der Waals surface area (Å²) >= 11 is 0. The van der Waals surface area contributed by atoms with Gasteiger partial charge in [-0.2, -0.15) is 0 Å². The van der Waals surface area contributed by atoms with E-state index in [1.54, 1.807) is 12.5 Å². The number of hydrogen-bond acceptors (Lipinski definition) is 3. The van der Waals surface area contributed by atoms with Gasteiger partial charge in [-0.15, -0.1) is 0 Å². The number of nitrogens with one attached hydrogen (secondary N) is 1. The second kappa shape index (κ2) is 9.78. The number of rotatable bonds is 8. The average molecular weight is 392 g/mol. The molecule has 2 aromatic carbocycles. The van der Waals surface area contributed by atoms with Gasteiger partial charge in [0.2, 0.25) is 0 Å². The fourth-order valence-corrected chi connectivity index (χ4v) is 3.07. The molecule has 0 saturated heterocycles. The summed E-state index contributed by atoms with van der Waals surface area (Å²) in [6.07, 6.45) is 6.37. The molecule has 3 aromatic rings. The van der Waals surface area contributed by atoms with Crippen LogP contribution in [-0.4, -0.2) is 41.1 Å². The van der Waals surface area contributed by atoms with Gasteiger partial charge in [0.25, 0.3) is 0 Å². The molecule has 0 aliphatic rings. The summed E-state index contributed by atoms with van der Waals surface area (Å²) in [5, 5.41) is 3.02. The van der Waals surface area contributed by atoms with Crippen molar-refractivity contribution in [2.24, 2.45) is 0 Å². The molecule has 0 atom stereocenters. The molecule has 2 amide bonds. The van der Waals surface area contributed by atoms with E-state index in [2.05, 4.69) is 39.5 Å². The lowest BCUT2D eigenvalue weighted by Crippen LogP contribution is -2.35. The maximum absolute atomic E-state index is 13.0. The van der Waals surface area contributed by atoms with Crippen molar-refractivity contribution in [1.82, 2.24) is 14.5 Å². The minimum Gasteiger partial charge on any atom is -0.378 e. The lowest BCUT2D eigenvalue weighted by molar-refractivity contribution is 0.207. The van der Waals surface area contributed by atoms with E-state index in [4.69, 9.17) is 0 Å². The molecule has 3 rings (SSSR count). The van der Waals surface area contributed by atoms with Crippen molar-refractivity contribution in [3.63, 3.8) is 0 Å². The topological polar surface area (TPSA) is 53.4 Å². The van der Waals surface area contributed by atoms with Crippen LogP contribution in [0.15, 0.2) is 67.3 Å². The van der Waals surface area contributed by atoms with E-state index in [-0.39, 0.29) is 6.03 Å². The van der Waals surface area contributed by atoms with E-state index in [0.29, 0.717) is 13.1 Å². The summed E-state index contributed by atoms with van der Waals surface area (Å²) in [6.45, 7) is 4.08. The van der Waals surface area contributed by atoms with Crippen molar-refractivity contribution in [1.29, 1.82) is 0 Å². The van der Waals surface area contributed by atoms with E-state index >= 15 is 0 Å². The number of aryl methyl sites for hydroxylation is 2. The highest BCUT2D eigenvalue weighted by Crippen LogP contribution is 2.16. The summed E-state index contributed by atoms with van der Waals surface area (Å²) < 4.78 is 2.03. The highest BCUT2D eigenvalue weighted by molar-refractivity contribution is 5.89. The van der Waals surface area contributed by atoms with Gasteiger partial charge in [-0.1, -0.05) is 29.8 Å². The zero-order valence-corrected chi connectivity index (χ0v) is 17.4. The van der Waals surface area contributed by atoms with Gasteiger partial charge in [0.1, 0.15) is 0 Å². The Morgan fingerprint density at radius 1 is 1.07 bits per heavy atom. The second-order valence-electron chi connectivity index (χ2n) is 7.43. The SMILES string of the molecule is Cc1ccc(NC(=O)N(CCCn2ccnc2)Cc2ccc(N(C)C)cc2)cc1. The van der Waals surface area contributed by atoms with Crippen LogP contribution in [0.3, 0.4) is 0 Å². The molecule has 0 aliphatic heterocycles. The minimum atomic E-state index is -0.0869. The van der Waals surface area contributed by atoms with Crippen LogP contribution in [0.1, 0.15) is 17.5 Å². The zero-order chi connectivity index (χ0) is 20.6. The fraction of sp³-hybridized carbons (Fsp3) is 0.304. The molecule has 1 heterocycles. The van der Waals surface area contributed by atoms with Gasteiger partial charge in [-0.3, -0.25) is 0 Å². The van der Waals surface area contributed by atoms with E-state index in [1.807, 2.05) is 60.9 Å². The van der Waals surface area contributed by atoms with Crippen LogP contribution < -0.4 is 10.2 Å². The summed E-state index contributed by atoms with van der Waals surface area (Å²) in [6, 6.07) is 16.1. The third-order valence-electron chi connectivity index (χ3n) is 4.82. The van der Waals surface area contributed by atoms with Crippen molar-refractivity contribution >= 4 is 17.4 Å².